The van der Waals surface area contributed by atoms with Crippen LogP contribution in [-0.4, -0.2) is 66.2 Å². The number of fused-ring (bicyclic) bond motifs is 1. The van der Waals surface area contributed by atoms with Gasteiger partial charge in [-0.05, 0) is 38.8 Å². The van der Waals surface area contributed by atoms with Crippen LogP contribution in [0.5, 0.6) is 5.88 Å². The first kappa shape index (κ1) is 19.4. The lowest BCUT2D eigenvalue weighted by molar-refractivity contribution is 0.233. The van der Waals surface area contributed by atoms with Crippen LogP contribution < -0.4 is 9.64 Å². The van der Waals surface area contributed by atoms with Gasteiger partial charge >= 0.3 is 0 Å². The van der Waals surface area contributed by atoms with Crippen molar-refractivity contribution < 1.29 is 8.95 Å². The highest BCUT2D eigenvalue weighted by molar-refractivity contribution is 7.83. The minimum absolute atomic E-state index is 0.0609. The molecular weight excluding hydrogens is 400 g/mol. The van der Waals surface area contributed by atoms with Gasteiger partial charge in [0.25, 0.3) is 0 Å². The first-order valence-electron chi connectivity index (χ1n) is 10.5. The quantitative estimate of drug-likeness (QED) is 0.652. The largest absolute Gasteiger partial charge is 0.475 e. The van der Waals surface area contributed by atoms with Gasteiger partial charge in [-0.25, -0.2) is 18.5 Å². The maximum atomic E-state index is 12.4. The Morgan fingerprint density at radius 1 is 1.17 bits per heavy atom. The molecule has 1 N–H and O–H groups in total. The van der Waals surface area contributed by atoms with Crippen LogP contribution in [0.4, 0.5) is 5.82 Å². The Morgan fingerprint density at radius 3 is 2.70 bits per heavy atom. The molecule has 2 aliphatic rings. The Labute approximate surface area is 178 Å². The summed E-state index contributed by atoms with van der Waals surface area (Å²) in [5.41, 5.74) is 2.73. The first-order valence-corrected chi connectivity index (χ1v) is 11.6. The molecule has 9 heteroatoms. The van der Waals surface area contributed by atoms with Crippen molar-refractivity contribution in [3.8, 4) is 17.1 Å². The Bertz CT molecular complexity index is 1070. The summed E-state index contributed by atoms with van der Waals surface area (Å²) in [7, 11) is -0.815. The molecule has 0 spiro atoms. The molecule has 0 aromatic carbocycles. The molecule has 30 heavy (non-hydrogen) atoms. The number of hydrogen-bond donors (Lipinski definition) is 1. The minimum Gasteiger partial charge on any atom is -0.475 e. The first-order chi connectivity index (χ1) is 14.6. The fourth-order valence-corrected chi connectivity index (χ4v) is 5.22. The van der Waals surface area contributed by atoms with Crippen molar-refractivity contribution in [2.45, 2.75) is 38.0 Å². The molecular formula is C21H26N6O2S. The smallest absolute Gasteiger partial charge is 0.214 e. The van der Waals surface area contributed by atoms with Crippen molar-refractivity contribution in [1.29, 1.82) is 0 Å². The highest BCUT2D eigenvalue weighted by atomic mass is 32.2. The van der Waals surface area contributed by atoms with Gasteiger partial charge in [-0.1, -0.05) is 0 Å². The van der Waals surface area contributed by atoms with Crippen LogP contribution in [0.25, 0.3) is 22.2 Å². The second-order valence-electron chi connectivity index (χ2n) is 8.10. The number of ether oxygens (including phenoxy) is 1. The lowest BCUT2D eigenvalue weighted by atomic mass is 10.1. The Balaban J connectivity index is 1.37. The second-order valence-corrected chi connectivity index (χ2v) is 9.84. The second kappa shape index (κ2) is 7.96. The number of aromatic amines is 1. The van der Waals surface area contributed by atoms with Crippen LogP contribution in [-0.2, 0) is 11.0 Å². The molecule has 158 valence electrons. The molecule has 5 rings (SSSR count). The van der Waals surface area contributed by atoms with Crippen LogP contribution in [0.2, 0.25) is 0 Å². The van der Waals surface area contributed by atoms with Gasteiger partial charge in [0.1, 0.15) is 11.5 Å². The third-order valence-electron chi connectivity index (χ3n) is 5.42. The number of hydrogen-bond acceptors (Lipinski definition) is 6. The van der Waals surface area contributed by atoms with Gasteiger partial charge in [-0.2, -0.15) is 5.10 Å². The molecule has 4 heterocycles. The number of nitrogens with zero attached hydrogens (tertiary/aromatic N) is 5. The predicted molar refractivity (Wildman–Crippen MR) is 118 cm³/mol. The maximum absolute atomic E-state index is 12.4. The monoisotopic (exact) mass is 426 g/mol. The molecule has 2 fully saturated rings. The number of piperazine rings is 1. The van der Waals surface area contributed by atoms with E-state index in [1.165, 1.54) is 0 Å². The van der Waals surface area contributed by atoms with E-state index in [0.717, 1.165) is 67.0 Å². The summed E-state index contributed by atoms with van der Waals surface area (Å²) in [5, 5.41) is 8.94. The number of rotatable bonds is 6. The molecule has 3 aromatic heterocycles. The molecule has 0 amide bonds. The number of H-pyrrole nitrogens is 1. The van der Waals surface area contributed by atoms with E-state index in [4.69, 9.17) is 4.74 Å². The van der Waals surface area contributed by atoms with Gasteiger partial charge in [0.2, 0.25) is 5.88 Å². The average Bonchev–Trinajstić information content (AvgIpc) is 3.52. The summed E-state index contributed by atoms with van der Waals surface area (Å²) in [6.45, 7) is 7.23. The van der Waals surface area contributed by atoms with Crippen molar-refractivity contribution in [2.75, 3.05) is 31.1 Å². The number of aromatic nitrogens is 4. The topological polar surface area (TPSA) is 87.2 Å². The van der Waals surface area contributed by atoms with Crippen LogP contribution in [0.1, 0.15) is 26.7 Å². The molecule has 1 aliphatic carbocycles. The summed E-state index contributed by atoms with van der Waals surface area (Å²) < 4.78 is 20.3. The highest BCUT2D eigenvalue weighted by Gasteiger charge is 2.34. The lowest BCUT2D eigenvalue weighted by Gasteiger charge is -2.34. The van der Waals surface area contributed by atoms with E-state index >= 15 is 0 Å². The summed E-state index contributed by atoms with van der Waals surface area (Å²) in [6.07, 6.45) is 5.85. The molecule has 1 unspecified atom stereocenters. The van der Waals surface area contributed by atoms with Crippen LogP contribution >= 0.6 is 0 Å². The molecule has 1 saturated carbocycles. The lowest BCUT2D eigenvalue weighted by Crippen LogP contribution is -2.47. The van der Waals surface area contributed by atoms with Crippen LogP contribution in [0, 0.1) is 0 Å². The van der Waals surface area contributed by atoms with E-state index in [9.17, 15) is 4.21 Å². The highest BCUT2D eigenvalue weighted by Crippen LogP contribution is 2.31. The standard InChI is InChI=1S/C21H26N6O2S/c1-14(2)29-20-12-17-18(13-23-20)24-25-21(17)15-5-6-22-19(11-15)26-7-9-27(10-8-26)30(28)16-3-4-16/h5-6,11-14,16H,3-4,7-10H2,1-2H3,(H,24,25). The maximum Gasteiger partial charge on any atom is 0.214 e. The van der Waals surface area contributed by atoms with Gasteiger partial charge in [-0.15, -0.1) is 0 Å². The Morgan fingerprint density at radius 2 is 1.97 bits per heavy atom. The summed E-state index contributed by atoms with van der Waals surface area (Å²) in [4.78, 5) is 11.2. The molecule has 1 atom stereocenters. The zero-order valence-corrected chi connectivity index (χ0v) is 18.1. The average molecular weight is 427 g/mol. The van der Waals surface area contributed by atoms with Crippen molar-refractivity contribution in [3.63, 3.8) is 0 Å². The van der Waals surface area contributed by atoms with E-state index < -0.39 is 11.0 Å². The molecule has 1 saturated heterocycles. The van der Waals surface area contributed by atoms with Crippen molar-refractivity contribution in [2.24, 2.45) is 0 Å². The number of anilines is 1. The van der Waals surface area contributed by atoms with Crippen molar-refractivity contribution in [1.82, 2.24) is 24.5 Å². The molecule has 8 nitrogen and oxygen atoms in total. The van der Waals surface area contributed by atoms with Crippen molar-refractivity contribution >= 4 is 27.7 Å². The minimum atomic E-state index is -0.815. The number of pyridine rings is 2. The van der Waals surface area contributed by atoms with Gasteiger partial charge < -0.3 is 9.64 Å². The number of nitrogens with one attached hydrogen (secondary N) is 1. The van der Waals surface area contributed by atoms with Crippen LogP contribution in [0.3, 0.4) is 0 Å². The van der Waals surface area contributed by atoms with Gasteiger partial charge in [0, 0.05) is 54.6 Å². The Kier molecular flexibility index (Phi) is 5.16. The van der Waals surface area contributed by atoms with Gasteiger partial charge in [0.15, 0.2) is 0 Å². The van der Waals surface area contributed by atoms with E-state index in [0.29, 0.717) is 11.1 Å². The zero-order chi connectivity index (χ0) is 20.7. The summed E-state index contributed by atoms with van der Waals surface area (Å²) in [5.74, 6) is 1.52. The fourth-order valence-electron chi connectivity index (χ4n) is 3.74. The Hall–Kier alpha value is -2.52. The molecule has 0 bridgehead atoms. The fraction of sp³-hybridized carbons (Fsp3) is 0.476. The SMILES string of the molecule is CC(C)Oc1cc2c(-c3ccnc(N4CCN(S(=O)C5CC5)CC4)c3)n[nH]c2cn1. The van der Waals surface area contributed by atoms with E-state index in [1.807, 2.05) is 32.2 Å². The molecule has 3 aromatic rings. The third-order valence-corrected chi connectivity index (χ3v) is 7.34. The van der Waals surface area contributed by atoms with E-state index in [2.05, 4.69) is 35.4 Å². The molecule has 1 aliphatic heterocycles. The predicted octanol–water partition coefficient (Wildman–Crippen LogP) is 2.76. The normalized spacial score (nSPS) is 18.8. The third kappa shape index (κ3) is 3.91. The van der Waals surface area contributed by atoms with Gasteiger partial charge in [0.05, 0.1) is 28.8 Å². The van der Waals surface area contributed by atoms with Crippen LogP contribution in [0.15, 0.2) is 30.6 Å². The van der Waals surface area contributed by atoms with E-state index in [1.54, 1.807) is 6.20 Å². The summed E-state index contributed by atoms with van der Waals surface area (Å²) >= 11 is 0. The van der Waals surface area contributed by atoms with Gasteiger partial charge in [-0.3, -0.25) is 5.10 Å². The zero-order valence-electron chi connectivity index (χ0n) is 17.2. The summed E-state index contributed by atoms with van der Waals surface area (Å²) in [6, 6.07) is 5.98. The van der Waals surface area contributed by atoms with Crippen molar-refractivity contribution in [3.05, 3.63) is 30.6 Å². The molecule has 0 radical (unpaired) electrons. The van der Waals surface area contributed by atoms with E-state index in [-0.39, 0.29) is 6.10 Å².